The number of rotatable bonds is 5. The number of aromatic nitrogens is 1. The van der Waals surface area contributed by atoms with Crippen LogP contribution in [0.2, 0.25) is 0 Å². The Bertz CT molecular complexity index is 1010. The lowest BCUT2D eigenvalue weighted by Crippen LogP contribution is -2.41. The van der Waals surface area contributed by atoms with Crippen molar-refractivity contribution in [2.75, 3.05) is 19.7 Å². The van der Waals surface area contributed by atoms with E-state index in [0.717, 1.165) is 12.8 Å². The second-order valence-corrected chi connectivity index (χ2v) is 7.89. The van der Waals surface area contributed by atoms with Crippen LogP contribution in [0.4, 0.5) is 4.39 Å². The van der Waals surface area contributed by atoms with E-state index in [1.165, 1.54) is 6.07 Å². The predicted octanol–water partition coefficient (Wildman–Crippen LogP) is 5.02. The van der Waals surface area contributed by atoms with Gasteiger partial charge in [-0.25, -0.2) is 9.37 Å². The van der Waals surface area contributed by atoms with E-state index in [4.69, 9.17) is 9.15 Å². The quantitative estimate of drug-likeness (QED) is 0.608. The lowest BCUT2D eigenvalue weighted by Gasteiger charge is -2.32. The molecule has 2 aromatic carbocycles. The molecule has 5 nitrogen and oxygen atoms in total. The van der Waals surface area contributed by atoms with Crippen LogP contribution in [-0.2, 0) is 0 Å². The van der Waals surface area contributed by atoms with E-state index in [2.05, 4.69) is 4.98 Å². The smallest absolute Gasteiger partial charge is 0.253 e. The number of carbonyl (C=O) groups excluding carboxylic acids is 1. The summed E-state index contributed by atoms with van der Waals surface area (Å²) in [5.74, 6) is 0.922. The fourth-order valence-electron chi connectivity index (χ4n) is 3.66. The van der Waals surface area contributed by atoms with E-state index in [1.54, 1.807) is 30.3 Å². The van der Waals surface area contributed by atoms with Crippen molar-refractivity contribution < 1.29 is 18.3 Å². The van der Waals surface area contributed by atoms with E-state index in [0.29, 0.717) is 42.3 Å². The maximum atomic E-state index is 13.7. The number of piperidine rings is 1. The van der Waals surface area contributed by atoms with Gasteiger partial charge in [0.25, 0.3) is 5.91 Å². The first-order valence-electron chi connectivity index (χ1n) is 10.1. The Morgan fingerprint density at radius 1 is 1.31 bits per heavy atom. The zero-order valence-corrected chi connectivity index (χ0v) is 16.7. The Kier molecular flexibility index (Phi) is 5.51. The fraction of sp³-hybridized carbons (Fsp3) is 0.391. The Hall–Kier alpha value is -2.89. The number of likely N-dealkylation sites (tertiary alicyclic amines) is 1. The molecule has 0 spiro atoms. The van der Waals surface area contributed by atoms with Crippen LogP contribution >= 0.6 is 0 Å². The highest BCUT2D eigenvalue weighted by Gasteiger charge is 2.25. The van der Waals surface area contributed by atoms with Gasteiger partial charge in [0, 0.05) is 30.5 Å². The maximum Gasteiger partial charge on any atom is 0.253 e. The van der Waals surface area contributed by atoms with Crippen LogP contribution in [0.1, 0.15) is 48.9 Å². The molecule has 0 N–H and O–H groups in total. The molecule has 1 aliphatic rings. The van der Waals surface area contributed by atoms with Crippen molar-refractivity contribution in [1.29, 1.82) is 0 Å². The summed E-state index contributed by atoms with van der Waals surface area (Å²) in [6.07, 6.45) is 1.86. The van der Waals surface area contributed by atoms with Gasteiger partial charge < -0.3 is 14.1 Å². The summed E-state index contributed by atoms with van der Waals surface area (Å²) in [6, 6.07) is 11.8. The maximum absolute atomic E-state index is 13.7. The van der Waals surface area contributed by atoms with Gasteiger partial charge >= 0.3 is 0 Å². The molecule has 152 valence electrons. The van der Waals surface area contributed by atoms with E-state index in [1.807, 2.05) is 24.8 Å². The first kappa shape index (κ1) is 19.4. The number of hydrogen-bond acceptors (Lipinski definition) is 4. The molecule has 0 aliphatic carbocycles. The van der Waals surface area contributed by atoms with Gasteiger partial charge in [-0.2, -0.15) is 0 Å². The zero-order valence-electron chi connectivity index (χ0n) is 16.7. The summed E-state index contributed by atoms with van der Waals surface area (Å²) in [6.45, 7) is 5.75. The van der Waals surface area contributed by atoms with Crippen molar-refractivity contribution in [1.82, 2.24) is 9.88 Å². The van der Waals surface area contributed by atoms with E-state index in [-0.39, 0.29) is 29.3 Å². The topological polar surface area (TPSA) is 55.6 Å². The standard InChI is InChI=1S/C23H25FN2O3/c1-15(2)22-25-19-12-17(9-10-21(19)29-22)23(27)26-11-5-6-16(13-26)14-28-20-8-4-3-7-18(20)24/h3-4,7-10,12,15-16H,5-6,11,13-14H2,1-2H3. The van der Waals surface area contributed by atoms with Crippen LogP contribution in [0.25, 0.3) is 11.1 Å². The lowest BCUT2D eigenvalue weighted by molar-refractivity contribution is 0.0631. The minimum atomic E-state index is -0.363. The van der Waals surface area contributed by atoms with Crippen LogP contribution in [0.15, 0.2) is 46.9 Å². The van der Waals surface area contributed by atoms with Gasteiger partial charge in [-0.1, -0.05) is 26.0 Å². The molecule has 0 radical (unpaired) electrons. The summed E-state index contributed by atoms with van der Waals surface area (Å²) < 4.78 is 25.1. The molecule has 1 unspecified atom stereocenters. The number of oxazole rings is 1. The van der Waals surface area contributed by atoms with Gasteiger partial charge in [0.15, 0.2) is 23.0 Å². The summed E-state index contributed by atoms with van der Waals surface area (Å²) >= 11 is 0. The van der Waals surface area contributed by atoms with Gasteiger partial charge in [-0.05, 0) is 43.2 Å². The Balaban J connectivity index is 1.43. The molecule has 1 amide bonds. The highest BCUT2D eigenvalue weighted by molar-refractivity contribution is 5.97. The van der Waals surface area contributed by atoms with Crippen molar-refractivity contribution in [3.05, 3.63) is 59.7 Å². The van der Waals surface area contributed by atoms with Crippen LogP contribution in [0.3, 0.4) is 0 Å². The summed E-state index contributed by atoms with van der Waals surface area (Å²) in [5, 5.41) is 0. The molecule has 1 aliphatic heterocycles. The number of hydrogen-bond donors (Lipinski definition) is 0. The second-order valence-electron chi connectivity index (χ2n) is 7.89. The van der Waals surface area contributed by atoms with Crippen LogP contribution in [0, 0.1) is 11.7 Å². The number of amides is 1. The van der Waals surface area contributed by atoms with Gasteiger partial charge in [-0.3, -0.25) is 4.79 Å². The third-order valence-electron chi connectivity index (χ3n) is 5.26. The van der Waals surface area contributed by atoms with E-state index >= 15 is 0 Å². The number of halogens is 1. The molecule has 1 fully saturated rings. The third kappa shape index (κ3) is 4.26. The summed E-state index contributed by atoms with van der Waals surface area (Å²) in [5.41, 5.74) is 2.01. The largest absolute Gasteiger partial charge is 0.490 e. The number of ether oxygens (including phenoxy) is 1. The molecule has 1 saturated heterocycles. The number of carbonyl (C=O) groups is 1. The number of benzene rings is 2. The number of para-hydroxylation sites is 1. The molecule has 3 aromatic rings. The first-order valence-corrected chi connectivity index (χ1v) is 10.1. The Morgan fingerprint density at radius 3 is 2.93 bits per heavy atom. The predicted molar refractivity (Wildman–Crippen MR) is 109 cm³/mol. The van der Waals surface area contributed by atoms with Crippen LogP contribution in [-0.4, -0.2) is 35.5 Å². The Morgan fingerprint density at radius 2 is 2.14 bits per heavy atom. The van der Waals surface area contributed by atoms with Gasteiger partial charge in [0.1, 0.15) is 5.52 Å². The lowest BCUT2D eigenvalue weighted by atomic mass is 9.98. The summed E-state index contributed by atoms with van der Waals surface area (Å²) in [4.78, 5) is 19.4. The second kappa shape index (κ2) is 8.23. The molecule has 1 aromatic heterocycles. The van der Waals surface area contributed by atoms with Crippen molar-refractivity contribution in [2.24, 2.45) is 5.92 Å². The molecule has 2 heterocycles. The Labute approximate surface area is 169 Å². The van der Waals surface area contributed by atoms with Gasteiger partial charge in [0.05, 0.1) is 6.61 Å². The van der Waals surface area contributed by atoms with Crippen molar-refractivity contribution in [3.8, 4) is 5.75 Å². The zero-order chi connectivity index (χ0) is 20.4. The summed E-state index contributed by atoms with van der Waals surface area (Å²) in [7, 11) is 0. The normalized spacial score (nSPS) is 17.1. The molecule has 1 atom stereocenters. The highest BCUT2D eigenvalue weighted by atomic mass is 19.1. The number of fused-ring (bicyclic) bond motifs is 1. The SMILES string of the molecule is CC(C)c1nc2cc(C(=O)N3CCCC(COc4ccccc4F)C3)ccc2o1. The van der Waals surface area contributed by atoms with Gasteiger partial charge in [0.2, 0.25) is 0 Å². The first-order chi connectivity index (χ1) is 14.0. The van der Waals surface area contributed by atoms with Crippen molar-refractivity contribution >= 4 is 17.0 Å². The molecule has 0 bridgehead atoms. The number of nitrogens with zero attached hydrogens (tertiary/aromatic N) is 2. The monoisotopic (exact) mass is 396 g/mol. The van der Waals surface area contributed by atoms with Crippen LogP contribution in [0.5, 0.6) is 5.75 Å². The molecule has 4 rings (SSSR count). The molecular weight excluding hydrogens is 371 g/mol. The molecular formula is C23H25FN2O3. The highest BCUT2D eigenvalue weighted by Crippen LogP contribution is 2.25. The van der Waals surface area contributed by atoms with E-state index < -0.39 is 0 Å². The molecule has 29 heavy (non-hydrogen) atoms. The van der Waals surface area contributed by atoms with Crippen LogP contribution < -0.4 is 4.74 Å². The average Bonchev–Trinajstić information content (AvgIpc) is 3.17. The fourth-order valence-corrected chi connectivity index (χ4v) is 3.66. The minimum Gasteiger partial charge on any atom is -0.490 e. The van der Waals surface area contributed by atoms with Gasteiger partial charge in [-0.15, -0.1) is 0 Å². The average molecular weight is 396 g/mol. The molecule has 0 saturated carbocycles. The van der Waals surface area contributed by atoms with Crippen molar-refractivity contribution in [3.63, 3.8) is 0 Å². The third-order valence-corrected chi connectivity index (χ3v) is 5.26. The molecule has 6 heteroatoms. The van der Waals surface area contributed by atoms with E-state index in [9.17, 15) is 9.18 Å². The van der Waals surface area contributed by atoms with Crippen molar-refractivity contribution in [2.45, 2.75) is 32.6 Å². The minimum absolute atomic E-state index is 0.0170.